The van der Waals surface area contributed by atoms with E-state index in [1.54, 1.807) is 11.3 Å². The second-order valence-corrected chi connectivity index (χ2v) is 6.36. The second kappa shape index (κ2) is 5.41. The van der Waals surface area contributed by atoms with E-state index in [1.165, 1.54) is 12.2 Å². The summed E-state index contributed by atoms with van der Waals surface area (Å²) in [5, 5.41) is 3.98. The van der Waals surface area contributed by atoms with Gasteiger partial charge < -0.3 is 4.90 Å². The molecule has 1 saturated heterocycles. The molecule has 1 atom stereocenters. The molecule has 0 amide bonds. The lowest BCUT2D eigenvalue weighted by molar-refractivity contribution is 0.760. The number of thiazole rings is 1. The van der Waals surface area contributed by atoms with Gasteiger partial charge in [-0.1, -0.05) is 6.92 Å². The summed E-state index contributed by atoms with van der Waals surface area (Å²) in [6, 6.07) is 0. The molecule has 15 heavy (non-hydrogen) atoms. The Morgan fingerprint density at radius 3 is 3.20 bits per heavy atom. The highest BCUT2D eigenvalue weighted by molar-refractivity contribution is 7.99. The lowest BCUT2D eigenvalue weighted by Crippen LogP contribution is -2.25. The summed E-state index contributed by atoms with van der Waals surface area (Å²) < 4.78 is 0. The van der Waals surface area contributed by atoms with Gasteiger partial charge in [-0.15, -0.1) is 22.9 Å². The van der Waals surface area contributed by atoms with Gasteiger partial charge in [0.2, 0.25) is 0 Å². The topological polar surface area (TPSA) is 16.1 Å². The molecule has 0 aliphatic carbocycles. The van der Waals surface area contributed by atoms with Gasteiger partial charge in [0.05, 0.1) is 11.6 Å². The van der Waals surface area contributed by atoms with Gasteiger partial charge in [0.15, 0.2) is 5.13 Å². The third kappa shape index (κ3) is 3.02. The maximum Gasteiger partial charge on any atom is 0.185 e. The predicted octanol–water partition coefficient (Wildman–Crippen LogP) is 3.21. The van der Waals surface area contributed by atoms with E-state index in [1.807, 2.05) is 0 Å². The molecule has 2 nitrogen and oxygen atoms in total. The standard InChI is InChI=1S/C10H15ClN2S2/c1-8-2-3-13(4-5-14-8)10-12-9(6-11)7-15-10/h7-8H,2-6H2,1H3. The molecule has 1 unspecified atom stereocenters. The molecule has 1 aromatic rings. The number of alkyl halides is 1. The molecule has 84 valence electrons. The molecule has 1 fully saturated rings. The molecule has 0 aromatic carbocycles. The van der Waals surface area contributed by atoms with Gasteiger partial charge >= 0.3 is 0 Å². The first-order valence-corrected chi connectivity index (χ1v) is 7.63. The molecule has 1 aliphatic rings. The summed E-state index contributed by atoms with van der Waals surface area (Å²) in [5.41, 5.74) is 1.00. The Hall–Kier alpha value is 0.0700. The van der Waals surface area contributed by atoms with Crippen LogP contribution in [0.3, 0.4) is 0 Å². The summed E-state index contributed by atoms with van der Waals surface area (Å²) >= 11 is 9.53. The van der Waals surface area contributed by atoms with Gasteiger partial charge in [0.25, 0.3) is 0 Å². The molecule has 2 heterocycles. The van der Waals surface area contributed by atoms with Crippen molar-refractivity contribution < 1.29 is 0 Å². The van der Waals surface area contributed by atoms with Gasteiger partial charge in [-0.2, -0.15) is 11.8 Å². The molecule has 0 N–H and O–H groups in total. The van der Waals surface area contributed by atoms with E-state index in [9.17, 15) is 0 Å². The van der Waals surface area contributed by atoms with Crippen LogP contribution in [0.1, 0.15) is 19.0 Å². The Morgan fingerprint density at radius 2 is 2.47 bits per heavy atom. The van der Waals surface area contributed by atoms with Crippen LogP contribution in [0.25, 0.3) is 0 Å². The molecule has 1 aromatic heterocycles. The normalized spacial score (nSPS) is 22.8. The van der Waals surface area contributed by atoms with E-state index in [0.29, 0.717) is 5.88 Å². The Morgan fingerprint density at radius 1 is 1.60 bits per heavy atom. The van der Waals surface area contributed by atoms with Crippen LogP contribution in [0.5, 0.6) is 0 Å². The minimum atomic E-state index is 0.523. The van der Waals surface area contributed by atoms with Crippen molar-refractivity contribution in [2.24, 2.45) is 0 Å². The Kier molecular flexibility index (Phi) is 4.17. The number of rotatable bonds is 2. The summed E-state index contributed by atoms with van der Waals surface area (Å²) in [6.07, 6.45) is 1.25. The van der Waals surface area contributed by atoms with E-state index >= 15 is 0 Å². The van der Waals surface area contributed by atoms with Gasteiger partial charge in [-0.05, 0) is 6.42 Å². The number of thioether (sulfide) groups is 1. The van der Waals surface area contributed by atoms with Gasteiger partial charge in [0, 0.05) is 29.5 Å². The number of hydrogen-bond acceptors (Lipinski definition) is 4. The van der Waals surface area contributed by atoms with E-state index in [4.69, 9.17) is 11.6 Å². The summed E-state index contributed by atoms with van der Waals surface area (Å²) in [6.45, 7) is 4.55. The molecule has 1 aliphatic heterocycles. The molecule has 2 rings (SSSR count). The quantitative estimate of drug-likeness (QED) is 0.762. The first kappa shape index (κ1) is 11.6. The zero-order valence-corrected chi connectivity index (χ0v) is 11.2. The maximum absolute atomic E-state index is 5.76. The fourth-order valence-corrected chi connectivity index (χ4v) is 3.70. The van der Waals surface area contributed by atoms with Gasteiger partial charge in [-0.25, -0.2) is 4.98 Å². The smallest absolute Gasteiger partial charge is 0.185 e. The van der Waals surface area contributed by atoms with Crippen LogP contribution in [0.4, 0.5) is 5.13 Å². The zero-order chi connectivity index (χ0) is 10.7. The number of nitrogens with zero attached hydrogens (tertiary/aromatic N) is 2. The van der Waals surface area contributed by atoms with Crippen LogP contribution < -0.4 is 4.90 Å². The highest BCUT2D eigenvalue weighted by atomic mass is 35.5. The largest absolute Gasteiger partial charge is 0.347 e. The number of hydrogen-bond donors (Lipinski definition) is 0. The minimum Gasteiger partial charge on any atom is -0.347 e. The molecule has 0 spiro atoms. The maximum atomic E-state index is 5.76. The van der Waals surface area contributed by atoms with E-state index in [0.717, 1.165) is 29.2 Å². The second-order valence-electron chi connectivity index (χ2n) is 3.71. The Bertz CT molecular complexity index is 316. The molecule has 5 heteroatoms. The van der Waals surface area contributed by atoms with Crippen molar-refractivity contribution in [2.75, 3.05) is 23.7 Å². The number of halogens is 1. The number of anilines is 1. The van der Waals surface area contributed by atoms with Crippen molar-refractivity contribution in [3.8, 4) is 0 Å². The summed E-state index contributed by atoms with van der Waals surface area (Å²) in [7, 11) is 0. The van der Waals surface area contributed by atoms with Crippen LogP contribution in [-0.2, 0) is 5.88 Å². The van der Waals surface area contributed by atoms with Crippen LogP contribution >= 0.6 is 34.7 Å². The molecular weight excluding hydrogens is 248 g/mol. The lowest BCUT2D eigenvalue weighted by Gasteiger charge is -2.18. The highest BCUT2D eigenvalue weighted by Crippen LogP contribution is 2.26. The third-order valence-corrected chi connectivity index (χ3v) is 4.96. The number of aromatic nitrogens is 1. The predicted molar refractivity (Wildman–Crippen MR) is 70.4 cm³/mol. The van der Waals surface area contributed by atoms with Crippen molar-refractivity contribution >= 4 is 39.8 Å². The monoisotopic (exact) mass is 262 g/mol. The van der Waals surface area contributed by atoms with Gasteiger partial charge in [-0.3, -0.25) is 0 Å². The molecular formula is C10H15ClN2S2. The van der Waals surface area contributed by atoms with Crippen molar-refractivity contribution in [3.05, 3.63) is 11.1 Å². The van der Waals surface area contributed by atoms with Gasteiger partial charge in [0.1, 0.15) is 0 Å². The fraction of sp³-hybridized carbons (Fsp3) is 0.700. The third-order valence-electron chi connectivity index (χ3n) is 2.52. The minimum absolute atomic E-state index is 0.523. The molecule has 0 bridgehead atoms. The Balaban J connectivity index is 2.03. The highest BCUT2D eigenvalue weighted by Gasteiger charge is 2.16. The average molecular weight is 263 g/mol. The van der Waals surface area contributed by atoms with E-state index in [2.05, 4.69) is 33.9 Å². The van der Waals surface area contributed by atoms with Crippen LogP contribution in [0, 0.1) is 0 Å². The summed E-state index contributed by atoms with van der Waals surface area (Å²) in [5.74, 6) is 1.73. The Labute approximate surface area is 104 Å². The first-order chi connectivity index (χ1) is 7.29. The van der Waals surface area contributed by atoms with E-state index in [-0.39, 0.29) is 0 Å². The molecule has 0 radical (unpaired) electrons. The summed E-state index contributed by atoms with van der Waals surface area (Å²) in [4.78, 5) is 6.91. The lowest BCUT2D eigenvalue weighted by atomic mass is 10.3. The van der Waals surface area contributed by atoms with Crippen molar-refractivity contribution in [1.29, 1.82) is 0 Å². The SMILES string of the molecule is CC1CCN(c2nc(CCl)cs2)CCS1. The molecule has 0 saturated carbocycles. The van der Waals surface area contributed by atoms with Crippen molar-refractivity contribution in [1.82, 2.24) is 4.98 Å². The van der Waals surface area contributed by atoms with Crippen LogP contribution in [0.15, 0.2) is 5.38 Å². The van der Waals surface area contributed by atoms with Crippen molar-refractivity contribution in [3.63, 3.8) is 0 Å². The average Bonchev–Trinajstić information content (AvgIpc) is 2.62. The van der Waals surface area contributed by atoms with Crippen molar-refractivity contribution in [2.45, 2.75) is 24.5 Å². The fourth-order valence-electron chi connectivity index (χ4n) is 1.59. The van der Waals surface area contributed by atoms with E-state index < -0.39 is 0 Å². The zero-order valence-electron chi connectivity index (χ0n) is 8.78. The van der Waals surface area contributed by atoms with Crippen LogP contribution in [-0.4, -0.2) is 29.1 Å². The first-order valence-electron chi connectivity index (χ1n) is 5.16. The van der Waals surface area contributed by atoms with Crippen LogP contribution in [0.2, 0.25) is 0 Å².